The van der Waals surface area contributed by atoms with Crippen LogP contribution in [0.3, 0.4) is 0 Å². The van der Waals surface area contributed by atoms with Crippen molar-refractivity contribution in [1.82, 2.24) is 10.6 Å². The van der Waals surface area contributed by atoms with Gasteiger partial charge in [0.05, 0.1) is 70.4 Å². The lowest BCUT2D eigenvalue weighted by Gasteiger charge is -2.30. The minimum Gasteiger partial charge on any atom is -0.466 e. The summed E-state index contributed by atoms with van der Waals surface area (Å²) in [5.74, 6) is -4.18. The zero-order valence-electron chi connectivity index (χ0n) is 32.7. The molecule has 0 aromatic heterocycles. The van der Waals surface area contributed by atoms with Crippen LogP contribution in [0.2, 0.25) is 0 Å². The van der Waals surface area contributed by atoms with Crippen molar-refractivity contribution in [1.29, 1.82) is 0 Å². The van der Waals surface area contributed by atoms with Crippen molar-refractivity contribution in [3.63, 3.8) is 0 Å². The average molecular weight is 779 g/mol. The number of non-ortho nitro benzene ring substituents is 2. The van der Waals surface area contributed by atoms with E-state index in [2.05, 4.69) is 10.6 Å². The van der Waals surface area contributed by atoms with Gasteiger partial charge in [-0.05, 0) is 59.6 Å². The number of carbonyl (C=O) groups is 4. The van der Waals surface area contributed by atoms with E-state index in [-0.39, 0.29) is 59.6 Å². The predicted molar refractivity (Wildman–Crippen MR) is 201 cm³/mol. The van der Waals surface area contributed by atoms with E-state index in [1.807, 2.05) is 0 Å². The molecule has 56 heavy (non-hydrogen) atoms. The van der Waals surface area contributed by atoms with E-state index >= 15 is 0 Å². The largest absolute Gasteiger partial charge is 0.466 e. The smallest absolute Gasteiger partial charge is 0.337 e. The summed E-state index contributed by atoms with van der Waals surface area (Å²) in [4.78, 5) is 72.1. The first-order valence-corrected chi connectivity index (χ1v) is 17.5. The normalized spacial score (nSPS) is 16.6. The van der Waals surface area contributed by atoms with E-state index < -0.39 is 45.6 Å². The van der Waals surface area contributed by atoms with Crippen LogP contribution in [-0.2, 0) is 42.9 Å². The third kappa shape index (κ3) is 10.4. The van der Waals surface area contributed by atoms with Crippen LogP contribution in [0.25, 0.3) is 0 Å². The highest BCUT2D eigenvalue weighted by atomic mass is 16.6. The Morgan fingerprint density at radius 2 is 1.07 bits per heavy atom. The molecule has 2 aromatic rings. The summed E-state index contributed by atoms with van der Waals surface area (Å²) < 4.78 is 25.6. The van der Waals surface area contributed by atoms with Crippen molar-refractivity contribution in [2.75, 3.05) is 34.0 Å². The fourth-order valence-electron chi connectivity index (χ4n) is 6.26. The van der Waals surface area contributed by atoms with Gasteiger partial charge in [0, 0.05) is 54.2 Å². The second-order valence-corrected chi connectivity index (χ2v) is 12.8. The second kappa shape index (κ2) is 19.8. The number of benzene rings is 2. The number of hydrogen-bond acceptors (Lipinski definition) is 15. The molecule has 0 radical (unpaired) electrons. The van der Waals surface area contributed by atoms with Gasteiger partial charge in [-0.2, -0.15) is 0 Å². The van der Waals surface area contributed by atoms with Crippen LogP contribution in [-0.4, -0.2) is 73.9 Å². The van der Waals surface area contributed by atoms with Gasteiger partial charge in [-0.1, -0.05) is 24.3 Å². The van der Waals surface area contributed by atoms with Crippen LogP contribution < -0.4 is 10.6 Å². The molecule has 0 spiro atoms. The molecular formula is C39H46N4O13. The van der Waals surface area contributed by atoms with E-state index in [1.165, 1.54) is 50.6 Å². The van der Waals surface area contributed by atoms with Crippen LogP contribution in [0.5, 0.6) is 0 Å². The summed E-state index contributed by atoms with van der Waals surface area (Å²) in [6.45, 7) is 12.3. The van der Waals surface area contributed by atoms with Crippen LogP contribution in [0.4, 0.5) is 11.4 Å². The lowest BCUT2D eigenvalue weighted by Crippen LogP contribution is -2.33. The van der Waals surface area contributed by atoms with Gasteiger partial charge in [-0.25, -0.2) is 19.2 Å². The second-order valence-electron chi connectivity index (χ2n) is 12.8. The Hall–Kier alpha value is -6.36. The molecule has 0 aliphatic carbocycles. The van der Waals surface area contributed by atoms with Gasteiger partial charge in [0.2, 0.25) is 0 Å². The number of ether oxygens (including phenoxy) is 5. The number of nitrogens with one attached hydrogen (secondary N) is 2. The molecule has 0 saturated heterocycles. The van der Waals surface area contributed by atoms with Crippen LogP contribution in [0.15, 0.2) is 93.6 Å². The van der Waals surface area contributed by atoms with Gasteiger partial charge < -0.3 is 34.3 Å². The minimum atomic E-state index is -0.882. The fraction of sp³-hybridized carbons (Fsp3) is 0.385. The maximum Gasteiger partial charge on any atom is 0.337 e. The molecule has 300 valence electrons. The number of carbonyl (C=O) groups excluding carboxylic acids is 4. The molecule has 2 aromatic carbocycles. The Kier molecular flexibility index (Phi) is 15.6. The lowest BCUT2D eigenvalue weighted by atomic mass is 9.80. The van der Waals surface area contributed by atoms with Gasteiger partial charge in [0.1, 0.15) is 6.61 Å². The number of nitro groups is 2. The molecule has 17 heteroatoms. The van der Waals surface area contributed by atoms with Crippen LogP contribution in [0, 0.1) is 20.2 Å². The monoisotopic (exact) mass is 778 g/mol. The predicted octanol–water partition coefficient (Wildman–Crippen LogP) is 5.54. The van der Waals surface area contributed by atoms with Crippen molar-refractivity contribution in [2.45, 2.75) is 66.4 Å². The van der Waals surface area contributed by atoms with Crippen LogP contribution >= 0.6 is 0 Å². The highest BCUT2D eigenvalue weighted by molar-refractivity contribution is 6.01. The molecule has 0 amide bonds. The summed E-state index contributed by atoms with van der Waals surface area (Å²) in [6.07, 6.45) is -0.382. The first-order chi connectivity index (χ1) is 26.5. The van der Waals surface area contributed by atoms with Gasteiger partial charge in [-0.3, -0.25) is 20.2 Å². The molecule has 0 fully saturated rings. The molecular weight excluding hydrogens is 732 g/mol. The average Bonchev–Trinajstić information content (AvgIpc) is 3.14. The van der Waals surface area contributed by atoms with Gasteiger partial charge in [0.25, 0.3) is 11.4 Å². The highest BCUT2D eigenvalue weighted by Gasteiger charge is 2.40. The van der Waals surface area contributed by atoms with Gasteiger partial charge in [-0.15, -0.1) is 0 Å². The Balaban J connectivity index is 0.000000303. The zero-order chi connectivity index (χ0) is 41.9. The number of rotatable bonds is 13. The Labute approximate surface area is 323 Å². The summed E-state index contributed by atoms with van der Waals surface area (Å²) >= 11 is 0. The van der Waals surface area contributed by atoms with Gasteiger partial charge in [0.15, 0.2) is 0 Å². The third-order valence-corrected chi connectivity index (χ3v) is 8.55. The van der Waals surface area contributed by atoms with E-state index in [4.69, 9.17) is 23.7 Å². The van der Waals surface area contributed by atoms with Crippen LogP contribution in [0.1, 0.15) is 71.4 Å². The summed E-state index contributed by atoms with van der Waals surface area (Å²) in [7, 11) is 2.72. The molecule has 0 bridgehead atoms. The van der Waals surface area contributed by atoms with Crippen molar-refractivity contribution in [3.8, 4) is 0 Å². The number of allylic oxidation sites excluding steroid dienone is 4. The number of hydrogen-bond donors (Lipinski definition) is 2. The Bertz CT molecular complexity index is 2010. The van der Waals surface area contributed by atoms with E-state index in [0.29, 0.717) is 33.9 Å². The molecule has 0 saturated carbocycles. The Morgan fingerprint density at radius 1 is 0.661 bits per heavy atom. The van der Waals surface area contributed by atoms with Crippen molar-refractivity contribution < 1.29 is 52.7 Å². The summed E-state index contributed by atoms with van der Waals surface area (Å²) in [5, 5.41) is 28.5. The summed E-state index contributed by atoms with van der Waals surface area (Å²) in [6, 6.07) is 11.7. The lowest BCUT2D eigenvalue weighted by molar-refractivity contribution is -0.385. The highest BCUT2D eigenvalue weighted by Crippen LogP contribution is 2.41. The summed E-state index contributed by atoms with van der Waals surface area (Å²) in [5.41, 5.74) is 3.41. The maximum atomic E-state index is 12.9. The van der Waals surface area contributed by atoms with Gasteiger partial charge >= 0.3 is 23.9 Å². The first kappa shape index (κ1) is 44.0. The number of methoxy groups -OCH3 is 2. The van der Waals surface area contributed by atoms with E-state index in [0.717, 1.165) is 0 Å². The number of esters is 4. The van der Waals surface area contributed by atoms with Crippen molar-refractivity contribution in [2.24, 2.45) is 0 Å². The molecule has 4 rings (SSSR count). The molecule has 2 N–H and O–H groups in total. The first-order valence-electron chi connectivity index (χ1n) is 17.5. The Morgan fingerprint density at radius 3 is 1.45 bits per heavy atom. The molecule has 2 atom stereocenters. The van der Waals surface area contributed by atoms with Crippen molar-refractivity contribution >= 4 is 35.3 Å². The number of nitrogens with zero attached hydrogens (tertiary/aromatic N) is 2. The third-order valence-electron chi connectivity index (χ3n) is 8.55. The maximum absolute atomic E-state index is 12.9. The molecule has 2 heterocycles. The molecule has 2 unspecified atom stereocenters. The topological polar surface area (TPSA) is 225 Å². The van der Waals surface area contributed by atoms with E-state index in [9.17, 15) is 39.4 Å². The molecule has 17 nitrogen and oxygen atoms in total. The van der Waals surface area contributed by atoms with Crippen molar-refractivity contribution in [3.05, 3.63) is 125 Å². The number of nitro benzene ring substituents is 2. The SMILES string of the molecule is CCOC(=O)C1=C(C)NC(C)=C(C(=O)OC)C1c1cccc([N+](=O)[O-])c1.COCCOC(=O)C1=C(C)NC(C)=C(C(=O)OC(C)C)C1c1cccc([N+](=O)[O-])c1. The quantitative estimate of drug-likeness (QED) is 0.0837. The fourth-order valence-corrected chi connectivity index (χ4v) is 6.26. The number of dihydropyridines is 2. The standard InChI is InChI=1S/C21H26N2O7.C18H20N2O6/c1-12(2)30-21(25)18-14(4)22-13(3)17(20(24)29-10-9-28-5)19(18)15-7-6-8-16(11-15)23(26)27;1-5-26-18(22)15-11(3)19-10(2)14(17(21)25-4)16(15)12-7-6-8-13(9-12)20(23)24/h6-8,11-12,19,22H,9-10H2,1-5H3;6-9,16,19H,5H2,1-4H3. The molecule has 2 aliphatic rings. The van der Waals surface area contributed by atoms with E-state index in [1.54, 1.807) is 60.6 Å². The minimum absolute atomic E-state index is 0.0300. The molecule has 2 aliphatic heterocycles. The zero-order valence-corrected chi connectivity index (χ0v) is 32.7.